The van der Waals surface area contributed by atoms with Gasteiger partial charge in [0, 0.05) is 0 Å². The zero-order valence-electron chi connectivity index (χ0n) is 9.58. The van der Waals surface area contributed by atoms with Crippen LogP contribution in [0, 0.1) is 18.6 Å². The van der Waals surface area contributed by atoms with Crippen LogP contribution < -0.4 is 0 Å². The second-order valence-electron chi connectivity index (χ2n) is 3.99. The molecule has 0 heterocycles. The first kappa shape index (κ1) is 12.2. The van der Waals surface area contributed by atoms with E-state index in [2.05, 4.69) is 0 Å². The van der Waals surface area contributed by atoms with Gasteiger partial charge in [-0.2, -0.15) is 0 Å². The van der Waals surface area contributed by atoms with Gasteiger partial charge in [0.1, 0.15) is 11.6 Å². The maximum atomic E-state index is 13.6. The quantitative estimate of drug-likeness (QED) is 0.880. The van der Waals surface area contributed by atoms with Crippen LogP contribution >= 0.6 is 0 Å². The fraction of sp³-hybridized carbons (Fsp3) is 0.0714. The van der Waals surface area contributed by atoms with E-state index in [9.17, 15) is 13.6 Å². The van der Waals surface area contributed by atoms with Crippen molar-refractivity contribution in [2.75, 3.05) is 0 Å². The average Bonchev–Trinajstić information content (AvgIpc) is 2.28. The number of rotatable bonds is 2. The van der Waals surface area contributed by atoms with Crippen molar-refractivity contribution in [1.82, 2.24) is 0 Å². The van der Waals surface area contributed by atoms with Crippen molar-refractivity contribution < 1.29 is 18.7 Å². The average molecular weight is 248 g/mol. The maximum Gasteiger partial charge on any atom is 0.335 e. The Bertz CT molecular complexity index is 601. The largest absolute Gasteiger partial charge is 0.478 e. The Hall–Kier alpha value is -2.23. The van der Waals surface area contributed by atoms with Gasteiger partial charge in [0.15, 0.2) is 0 Å². The van der Waals surface area contributed by atoms with E-state index in [1.54, 1.807) is 13.0 Å². The Balaban J connectivity index is 2.68. The van der Waals surface area contributed by atoms with Crippen LogP contribution in [-0.2, 0) is 0 Å². The molecule has 0 radical (unpaired) electrons. The maximum absolute atomic E-state index is 13.6. The third-order valence-corrected chi connectivity index (χ3v) is 2.58. The van der Waals surface area contributed by atoms with Crippen molar-refractivity contribution >= 4 is 5.97 Å². The lowest BCUT2D eigenvalue weighted by Gasteiger charge is -2.07. The minimum absolute atomic E-state index is 0.00709. The minimum Gasteiger partial charge on any atom is -0.478 e. The molecule has 0 atom stereocenters. The fourth-order valence-electron chi connectivity index (χ4n) is 1.82. The summed E-state index contributed by atoms with van der Waals surface area (Å²) in [6, 6.07) is 7.81. The van der Waals surface area contributed by atoms with Crippen LogP contribution in [0.4, 0.5) is 8.78 Å². The fourth-order valence-corrected chi connectivity index (χ4v) is 1.82. The molecule has 0 amide bonds. The van der Waals surface area contributed by atoms with Gasteiger partial charge in [-0.15, -0.1) is 0 Å². The van der Waals surface area contributed by atoms with Gasteiger partial charge in [-0.05, 0) is 42.3 Å². The number of carbonyl (C=O) groups is 1. The Morgan fingerprint density at radius 1 is 1.11 bits per heavy atom. The number of aryl methyl sites for hydroxylation is 1. The second kappa shape index (κ2) is 4.56. The first-order valence-corrected chi connectivity index (χ1v) is 5.28. The molecular weight excluding hydrogens is 238 g/mol. The van der Waals surface area contributed by atoms with Gasteiger partial charge in [-0.3, -0.25) is 0 Å². The zero-order valence-corrected chi connectivity index (χ0v) is 9.58. The highest BCUT2D eigenvalue weighted by atomic mass is 19.1. The zero-order chi connectivity index (χ0) is 13.3. The van der Waals surface area contributed by atoms with Gasteiger partial charge in [0.25, 0.3) is 0 Å². The molecule has 92 valence electrons. The summed E-state index contributed by atoms with van der Waals surface area (Å²) in [4.78, 5) is 10.9. The topological polar surface area (TPSA) is 37.3 Å². The lowest BCUT2D eigenvalue weighted by molar-refractivity contribution is 0.0697. The molecule has 0 spiro atoms. The molecule has 0 saturated carbocycles. The summed E-state index contributed by atoms with van der Waals surface area (Å²) in [5, 5.41) is 8.93. The third-order valence-electron chi connectivity index (χ3n) is 2.58. The molecular formula is C14H10F2O2. The number of benzene rings is 2. The van der Waals surface area contributed by atoms with E-state index in [1.807, 2.05) is 0 Å². The molecule has 0 aliphatic rings. The van der Waals surface area contributed by atoms with Crippen LogP contribution in [0.2, 0.25) is 0 Å². The van der Waals surface area contributed by atoms with Gasteiger partial charge < -0.3 is 5.11 Å². The van der Waals surface area contributed by atoms with Gasteiger partial charge in [0.05, 0.1) is 11.1 Å². The Morgan fingerprint density at radius 3 is 2.28 bits per heavy atom. The first-order chi connectivity index (χ1) is 8.49. The van der Waals surface area contributed by atoms with Crippen LogP contribution in [0.25, 0.3) is 11.1 Å². The Morgan fingerprint density at radius 2 is 1.72 bits per heavy atom. The van der Waals surface area contributed by atoms with E-state index >= 15 is 0 Å². The predicted molar refractivity (Wildman–Crippen MR) is 63.5 cm³/mol. The summed E-state index contributed by atoms with van der Waals surface area (Å²) in [5.74, 6) is -2.55. The molecule has 2 aromatic rings. The third kappa shape index (κ3) is 2.22. The van der Waals surface area contributed by atoms with E-state index in [0.29, 0.717) is 5.56 Å². The van der Waals surface area contributed by atoms with Crippen molar-refractivity contribution in [2.45, 2.75) is 6.92 Å². The summed E-state index contributed by atoms with van der Waals surface area (Å²) >= 11 is 0. The van der Waals surface area contributed by atoms with Crippen molar-refractivity contribution in [1.29, 1.82) is 0 Å². The molecule has 18 heavy (non-hydrogen) atoms. The molecule has 0 bridgehead atoms. The highest BCUT2D eigenvalue weighted by molar-refractivity contribution is 5.89. The van der Waals surface area contributed by atoms with Crippen LogP contribution in [-0.4, -0.2) is 11.1 Å². The number of carboxylic acid groups (broad SMARTS) is 1. The van der Waals surface area contributed by atoms with E-state index < -0.39 is 17.6 Å². The van der Waals surface area contributed by atoms with Crippen LogP contribution in [0.1, 0.15) is 15.9 Å². The lowest BCUT2D eigenvalue weighted by Crippen LogP contribution is -1.98. The number of carboxylic acids is 1. The molecule has 0 fully saturated rings. The van der Waals surface area contributed by atoms with Crippen molar-refractivity contribution in [3.05, 3.63) is 59.2 Å². The number of halogens is 2. The van der Waals surface area contributed by atoms with Crippen molar-refractivity contribution in [3.63, 3.8) is 0 Å². The number of hydrogen-bond donors (Lipinski definition) is 1. The predicted octanol–water partition coefficient (Wildman–Crippen LogP) is 3.64. The van der Waals surface area contributed by atoms with E-state index in [-0.39, 0.29) is 16.7 Å². The molecule has 2 aromatic carbocycles. The van der Waals surface area contributed by atoms with Gasteiger partial charge >= 0.3 is 5.97 Å². The summed E-state index contributed by atoms with van der Waals surface area (Å²) in [7, 11) is 0. The Labute approximate surface area is 103 Å². The van der Waals surface area contributed by atoms with Gasteiger partial charge in [-0.25, -0.2) is 13.6 Å². The summed E-state index contributed by atoms with van der Waals surface area (Å²) < 4.78 is 27.2. The van der Waals surface area contributed by atoms with Crippen LogP contribution in [0.15, 0.2) is 36.4 Å². The monoisotopic (exact) mass is 248 g/mol. The molecule has 0 aromatic heterocycles. The molecule has 4 heteroatoms. The molecule has 0 saturated heterocycles. The molecule has 0 unspecified atom stereocenters. The Kier molecular flexibility index (Phi) is 3.10. The molecule has 0 aliphatic carbocycles. The van der Waals surface area contributed by atoms with Gasteiger partial charge in [0.2, 0.25) is 0 Å². The first-order valence-electron chi connectivity index (χ1n) is 5.28. The highest BCUT2D eigenvalue weighted by Crippen LogP contribution is 2.27. The minimum atomic E-state index is -1.13. The number of aromatic carboxylic acids is 1. The summed E-state index contributed by atoms with van der Waals surface area (Å²) in [6.45, 7) is 1.68. The van der Waals surface area contributed by atoms with Gasteiger partial charge in [-0.1, -0.05) is 12.1 Å². The summed E-state index contributed by atoms with van der Waals surface area (Å²) in [5.41, 5.74) is 0.659. The van der Waals surface area contributed by atoms with E-state index in [1.165, 1.54) is 18.2 Å². The van der Waals surface area contributed by atoms with Crippen molar-refractivity contribution in [2.24, 2.45) is 0 Å². The van der Waals surface area contributed by atoms with Crippen molar-refractivity contribution in [3.8, 4) is 11.1 Å². The van der Waals surface area contributed by atoms with E-state index in [0.717, 1.165) is 12.1 Å². The number of hydrogen-bond acceptors (Lipinski definition) is 1. The van der Waals surface area contributed by atoms with E-state index in [4.69, 9.17) is 5.11 Å². The molecule has 2 rings (SSSR count). The normalized spacial score (nSPS) is 10.4. The van der Waals surface area contributed by atoms with Crippen LogP contribution in [0.5, 0.6) is 0 Å². The second-order valence-corrected chi connectivity index (χ2v) is 3.99. The standard InChI is InChI=1S/C14H10F2O2/c1-8-5-9(7-10(6-8)14(17)18)13-11(15)3-2-4-12(13)16/h2-7H,1H3,(H,17,18). The highest BCUT2D eigenvalue weighted by Gasteiger charge is 2.13. The van der Waals surface area contributed by atoms with Crippen LogP contribution in [0.3, 0.4) is 0 Å². The smallest absolute Gasteiger partial charge is 0.335 e. The molecule has 1 N–H and O–H groups in total. The summed E-state index contributed by atoms with van der Waals surface area (Å²) in [6.07, 6.45) is 0. The molecule has 2 nitrogen and oxygen atoms in total. The lowest BCUT2D eigenvalue weighted by atomic mass is 9.99. The molecule has 0 aliphatic heterocycles. The SMILES string of the molecule is Cc1cc(C(=O)O)cc(-c2c(F)cccc2F)c1.